The normalized spacial score (nSPS) is 27.2. The van der Waals surface area contributed by atoms with Gasteiger partial charge >= 0.3 is 0 Å². The van der Waals surface area contributed by atoms with Gasteiger partial charge in [-0.3, -0.25) is 4.90 Å². The number of nitrogens with zero attached hydrogens (tertiary/aromatic N) is 1. The zero-order chi connectivity index (χ0) is 15.3. The first kappa shape index (κ1) is 14.9. The highest BCUT2D eigenvalue weighted by atomic mass is 16.5. The Morgan fingerprint density at radius 2 is 2.05 bits per heavy atom. The molecule has 0 spiro atoms. The van der Waals surface area contributed by atoms with Gasteiger partial charge in [-0.15, -0.1) is 0 Å². The number of benzene rings is 1. The maximum atomic E-state index is 6.24. The molecule has 0 bridgehead atoms. The Balaban J connectivity index is 1.77. The number of para-hydroxylation sites is 1. The Kier molecular flexibility index (Phi) is 3.53. The van der Waals surface area contributed by atoms with Crippen molar-refractivity contribution in [2.24, 2.45) is 11.1 Å². The van der Waals surface area contributed by atoms with E-state index in [9.17, 15) is 0 Å². The molecule has 2 aliphatic rings. The summed E-state index contributed by atoms with van der Waals surface area (Å²) in [6, 6.07) is 6.89. The first-order chi connectivity index (χ1) is 9.77. The predicted octanol–water partition coefficient (Wildman–Crippen LogP) is 2.96. The second kappa shape index (κ2) is 4.99. The third kappa shape index (κ3) is 2.95. The highest BCUT2D eigenvalue weighted by Gasteiger charge is 2.35. The lowest BCUT2D eigenvalue weighted by Gasteiger charge is -2.42. The molecule has 21 heavy (non-hydrogen) atoms. The zero-order valence-electron chi connectivity index (χ0n) is 13.8. The van der Waals surface area contributed by atoms with E-state index >= 15 is 0 Å². The molecule has 2 N–H and O–H groups in total. The molecule has 0 aromatic heterocycles. The summed E-state index contributed by atoms with van der Waals surface area (Å²) in [5, 5.41) is 0. The van der Waals surface area contributed by atoms with Gasteiger partial charge in [-0.2, -0.15) is 0 Å². The van der Waals surface area contributed by atoms with Gasteiger partial charge in [0, 0.05) is 37.7 Å². The lowest BCUT2D eigenvalue weighted by molar-refractivity contribution is 0.0870. The second-order valence-corrected chi connectivity index (χ2v) is 8.04. The standard InChI is InChI=1S/C18H28N2O/c1-17(2)12-20(9-8-15(17)19)11-14-7-5-6-13-10-18(3,4)21-16(13)14/h5-7,15H,8-12,19H2,1-4H3. The van der Waals surface area contributed by atoms with Crippen molar-refractivity contribution in [2.75, 3.05) is 13.1 Å². The summed E-state index contributed by atoms with van der Waals surface area (Å²) in [6.07, 6.45) is 2.08. The minimum absolute atomic E-state index is 0.0675. The van der Waals surface area contributed by atoms with Gasteiger partial charge in [0.2, 0.25) is 0 Å². The van der Waals surface area contributed by atoms with E-state index in [2.05, 4.69) is 50.8 Å². The Bertz CT molecular complexity index is 536. The van der Waals surface area contributed by atoms with Crippen molar-refractivity contribution in [2.45, 2.75) is 58.7 Å². The topological polar surface area (TPSA) is 38.5 Å². The largest absolute Gasteiger partial charge is 0.487 e. The smallest absolute Gasteiger partial charge is 0.127 e. The number of likely N-dealkylation sites (tertiary alicyclic amines) is 1. The van der Waals surface area contributed by atoms with Crippen molar-refractivity contribution in [3.63, 3.8) is 0 Å². The van der Waals surface area contributed by atoms with E-state index in [1.165, 1.54) is 11.1 Å². The maximum Gasteiger partial charge on any atom is 0.127 e. The van der Waals surface area contributed by atoms with Crippen molar-refractivity contribution < 1.29 is 4.74 Å². The van der Waals surface area contributed by atoms with Gasteiger partial charge in [0.1, 0.15) is 11.4 Å². The molecule has 0 saturated carbocycles. The predicted molar refractivity (Wildman–Crippen MR) is 86.5 cm³/mol. The summed E-state index contributed by atoms with van der Waals surface area (Å²) < 4.78 is 6.19. The minimum atomic E-state index is -0.0675. The Morgan fingerprint density at radius 1 is 1.29 bits per heavy atom. The molecule has 3 rings (SSSR count). The first-order valence-electron chi connectivity index (χ1n) is 8.05. The third-order valence-corrected chi connectivity index (χ3v) is 4.96. The molecule has 1 aromatic rings. The van der Waals surface area contributed by atoms with Crippen LogP contribution in [-0.4, -0.2) is 29.6 Å². The quantitative estimate of drug-likeness (QED) is 0.909. The van der Waals surface area contributed by atoms with Gasteiger partial charge in [0.05, 0.1) is 0 Å². The zero-order valence-corrected chi connectivity index (χ0v) is 13.8. The molecule has 1 unspecified atom stereocenters. The molecular weight excluding hydrogens is 260 g/mol. The molecular formula is C18H28N2O. The van der Waals surface area contributed by atoms with Crippen LogP contribution in [0.4, 0.5) is 0 Å². The summed E-state index contributed by atoms with van der Waals surface area (Å²) in [6.45, 7) is 12.0. The van der Waals surface area contributed by atoms with Crippen LogP contribution < -0.4 is 10.5 Å². The SMILES string of the molecule is CC1(C)Cc2cccc(CN3CCC(N)C(C)(C)C3)c2O1. The first-order valence-corrected chi connectivity index (χ1v) is 8.05. The van der Waals surface area contributed by atoms with Crippen LogP contribution in [0.15, 0.2) is 18.2 Å². The van der Waals surface area contributed by atoms with Gasteiger partial charge in [-0.05, 0) is 31.2 Å². The Hall–Kier alpha value is -1.06. The molecule has 1 saturated heterocycles. The van der Waals surface area contributed by atoms with E-state index in [1.807, 2.05) is 0 Å². The van der Waals surface area contributed by atoms with Crippen molar-refractivity contribution in [3.05, 3.63) is 29.3 Å². The molecule has 1 aromatic carbocycles. The molecule has 0 radical (unpaired) electrons. The molecule has 116 valence electrons. The summed E-state index contributed by atoms with van der Waals surface area (Å²) in [5.41, 5.74) is 9.04. The number of ether oxygens (including phenoxy) is 1. The molecule has 0 amide bonds. The van der Waals surface area contributed by atoms with E-state index in [-0.39, 0.29) is 11.0 Å². The van der Waals surface area contributed by atoms with E-state index in [0.717, 1.165) is 38.2 Å². The van der Waals surface area contributed by atoms with Crippen molar-refractivity contribution in [1.29, 1.82) is 0 Å². The summed E-state index contributed by atoms with van der Waals surface area (Å²) in [7, 11) is 0. The molecule has 3 heteroatoms. The highest BCUT2D eigenvalue weighted by Crippen LogP contribution is 2.38. The van der Waals surface area contributed by atoms with Crippen LogP contribution in [-0.2, 0) is 13.0 Å². The van der Waals surface area contributed by atoms with Gasteiger partial charge < -0.3 is 10.5 Å². The summed E-state index contributed by atoms with van der Waals surface area (Å²) >= 11 is 0. The lowest BCUT2D eigenvalue weighted by Crippen LogP contribution is -2.52. The number of hydrogen-bond acceptors (Lipinski definition) is 3. The molecule has 2 aliphatic heterocycles. The lowest BCUT2D eigenvalue weighted by atomic mass is 9.79. The van der Waals surface area contributed by atoms with Gasteiger partial charge in [0.25, 0.3) is 0 Å². The van der Waals surface area contributed by atoms with Gasteiger partial charge in [-0.25, -0.2) is 0 Å². The fourth-order valence-corrected chi connectivity index (χ4v) is 3.66. The van der Waals surface area contributed by atoms with E-state index in [4.69, 9.17) is 10.5 Å². The highest BCUT2D eigenvalue weighted by molar-refractivity contribution is 5.45. The van der Waals surface area contributed by atoms with Crippen LogP contribution in [0.5, 0.6) is 5.75 Å². The average Bonchev–Trinajstić information content (AvgIpc) is 2.69. The van der Waals surface area contributed by atoms with E-state index in [0.29, 0.717) is 6.04 Å². The minimum Gasteiger partial charge on any atom is -0.487 e. The Labute approximate surface area is 128 Å². The average molecular weight is 288 g/mol. The van der Waals surface area contributed by atoms with Gasteiger partial charge in [-0.1, -0.05) is 32.0 Å². The van der Waals surface area contributed by atoms with Crippen LogP contribution in [0.1, 0.15) is 45.2 Å². The second-order valence-electron chi connectivity index (χ2n) is 8.04. The van der Waals surface area contributed by atoms with E-state index in [1.54, 1.807) is 0 Å². The maximum absolute atomic E-state index is 6.24. The third-order valence-electron chi connectivity index (χ3n) is 4.96. The number of hydrogen-bond donors (Lipinski definition) is 1. The van der Waals surface area contributed by atoms with Crippen LogP contribution in [0, 0.1) is 5.41 Å². The summed E-state index contributed by atoms with van der Waals surface area (Å²) in [4.78, 5) is 2.52. The monoisotopic (exact) mass is 288 g/mol. The molecule has 1 fully saturated rings. The van der Waals surface area contributed by atoms with Crippen LogP contribution in [0.2, 0.25) is 0 Å². The van der Waals surface area contributed by atoms with Crippen LogP contribution in [0.3, 0.4) is 0 Å². The number of rotatable bonds is 2. The van der Waals surface area contributed by atoms with Crippen molar-refractivity contribution in [1.82, 2.24) is 4.90 Å². The molecule has 0 aliphatic carbocycles. The number of fused-ring (bicyclic) bond motifs is 1. The number of piperidine rings is 1. The fraction of sp³-hybridized carbons (Fsp3) is 0.667. The Morgan fingerprint density at radius 3 is 2.76 bits per heavy atom. The fourth-order valence-electron chi connectivity index (χ4n) is 3.66. The summed E-state index contributed by atoms with van der Waals surface area (Å²) in [5.74, 6) is 1.12. The van der Waals surface area contributed by atoms with Gasteiger partial charge in [0.15, 0.2) is 0 Å². The molecule has 2 heterocycles. The number of nitrogens with two attached hydrogens (primary N) is 1. The van der Waals surface area contributed by atoms with Crippen LogP contribution >= 0.6 is 0 Å². The van der Waals surface area contributed by atoms with E-state index < -0.39 is 0 Å². The molecule has 1 atom stereocenters. The van der Waals surface area contributed by atoms with Crippen LogP contribution in [0.25, 0.3) is 0 Å². The molecule has 3 nitrogen and oxygen atoms in total. The van der Waals surface area contributed by atoms with Crippen molar-refractivity contribution in [3.8, 4) is 5.75 Å². The van der Waals surface area contributed by atoms with Crippen molar-refractivity contribution >= 4 is 0 Å².